The van der Waals surface area contributed by atoms with Gasteiger partial charge in [-0.3, -0.25) is 34.5 Å². The van der Waals surface area contributed by atoms with Crippen molar-refractivity contribution in [3.63, 3.8) is 0 Å². The number of hydrogen-bond acceptors (Lipinski definition) is 12. The Kier molecular flexibility index (Phi) is 7.14. The molecule has 1 saturated heterocycles. The van der Waals surface area contributed by atoms with E-state index in [0.29, 0.717) is 6.54 Å². The first-order chi connectivity index (χ1) is 20.7. The third-order valence-corrected chi connectivity index (χ3v) is 8.40. The van der Waals surface area contributed by atoms with Gasteiger partial charge in [-0.1, -0.05) is 24.6 Å². The number of non-ortho nitro benzene ring substituents is 1. The number of esters is 1. The van der Waals surface area contributed by atoms with Crippen LogP contribution in [-0.4, -0.2) is 67.8 Å². The zero-order valence-electron chi connectivity index (χ0n) is 23.3. The van der Waals surface area contributed by atoms with E-state index < -0.39 is 44.8 Å². The zero-order valence-corrected chi connectivity index (χ0v) is 23.3. The summed E-state index contributed by atoms with van der Waals surface area (Å²) in [5.74, 6) is -1.09. The molecule has 0 bridgehead atoms. The lowest BCUT2D eigenvalue weighted by Gasteiger charge is -2.31. The lowest BCUT2D eigenvalue weighted by atomic mass is 9.84. The molecule has 43 heavy (non-hydrogen) atoms. The zero-order chi connectivity index (χ0) is 30.5. The second-order valence-corrected chi connectivity index (χ2v) is 10.7. The number of ether oxygens (including phenoxy) is 1. The van der Waals surface area contributed by atoms with Gasteiger partial charge in [0.2, 0.25) is 0 Å². The van der Waals surface area contributed by atoms with Crippen molar-refractivity contribution in [1.29, 1.82) is 0 Å². The minimum absolute atomic E-state index is 0.0201. The molecule has 15 heteroatoms. The predicted octanol–water partition coefficient (Wildman–Crippen LogP) is 2.73. The summed E-state index contributed by atoms with van der Waals surface area (Å²) in [5.41, 5.74) is -4.21. The number of nitrogens with zero attached hydrogens (tertiary/aromatic N) is 6. The lowest BCUT2D eigenvalue weighted by Crippen LogP contribution is -2.45. The van der Waals surface area contributed by atoms with E-state index in [9.17, 15) is 34.9 Å². The number of pyridine rings is 2. The average molecular weight is 593 g/mol. The highest BCUT2D eigenvalue weighted by atomic mass is 16.6. The van der Waals surface area contributed by atoms with Crippen LogP contribution in [0.4, 0.5) is 11.4 Å². The Morgan fingerprint density at radius 2 is 1.93 bits per heavy atom. The van der Waals surface area contributed by atoms with Crippen molar-refractivity contribution >= 4 is 34.5 Å². The molecule has 1 unspecified atom stereocenters. The minimum atomic E-state index is -2.42. The molecule has 1 N–H and O–H groups in total. The van der Waals surface area contributed by atoms with E-state index in [0.717, 1.165) is 30.5 Å². The molecule has 0 saturated carbocycles. The van der Waals surface area contributed by atoms with E-state index >= 15 is 0 Å². The summed E-state index contributed by atoms with van der Waals surface area (Å²) in [6.45, 7) is 3.57. The Hall–Kier alpha value is -4.76. The summed E-state index contributed by atoms with van der Waals surface area (Å²) >= 11 is 0. The second-order valence-electron chi connectivity index (χ2n) is 10.7. The monoisotopic (exact) mass is 592 g/mol. The molecule has 15 nitrogen and oxygen atoms in total. The van der Waals surface area contributed by atoms with E-state index in [4.69, 9.17) is 9.57 Å². The number of benzene rings is 1. The van der Waals surface area contributed by atoms with Gasteiger partial charge < -0.3 is 14.7 Å². The molecule has 1 fully saturated rings. The summed E-state index contributed by atoms with van der Waals surface area (Å²) < 4.78 is 6.18. The fourth-order valence-electron chi connectivity index (χ4n) is 6.26. The van der Waals surface area contributed by atoms with Crippen LogP contribution < -0.4 is 5.56 Å². The average Bonchev–Trinajstić information content (AvgIpc) is 3.38. The van der Waals surface area contributed by atoms with Crippen LogP contribution in [0.3, 0.4) is 0 Å². The molecule has 1 aromatic carbocycles. The summed E-state index contributed by atoms with van der Waals surface area (Å²) in [6.07, 6.45) is 4.46. The van der Waals surface area contributed by atoms with Gasteiger partial charge in [0.1, 0.15) is 24.6 Å². The fraction of sp³-hybridized carbons (Fsp3) is 0.429. The van der Waals surface area contributed by atoms with E-state index in [2.05, 4.69) is 15.0 Å². The van der Waals surface area contributed by atoms with Crippen LogP contribution >= 0.6 is 0 Å². The first-order valence-corrected chi connectivity index (χ1v) is 14.0. The third-order valence-electron chi connectivity index (χ3n) is 8.40. The molecule has 0 radical (unpaired) electrons. The molecule has 1 atom stereocenters. The number of carbonyl (C=O) groups excluding carboxylic acids is 1. The normalized spacial score (nSPS) is 19.6. The molecule has 6 rings (SSSR count). The number of cyclic esters (lactones) is 1. The molecule has 3 aliphatic rings. The van der Waals surface area contributed by atoms with Crippen molar-refractivity contribution < 1.29 is 29.3 Å². The molecule has 0 aliphatic carbocycles. The van der Waals surface area contributed by atoms with Crippen LogP contribution in [0.15, 0.2) is 28.1 Å². The second kappa shape index (κ2) is 10.8. The SMILES string of the molecule is CCC1(O)C(=O)OCc2c1c([N+](=O)[O-])c1n(c2=O)Cc2c-1nc1cccc([N+](=O)[O-])c1c2/C=N/OCCN1CCCCC1. The topological polar surface area (TPSA) is 193 Å². The van der Waals surface area contributed by atoms with E-state index in [1.54, 1.807) is 0 Å². The molecule has 0 spiro atoms. The van der Waals surface area contributed by atoms with Crippen LogP contribution in [0.5, 0.6) is 0 Å². The molecule has 0 amide bonds. The molecular weight excluding hydrogens is 564 g/mol. The Balaban J connectivity index is 1.54. The Bertz CT molecular complexity index is 1780. The number of aromatic nitrogens is 2. The number of nitro groups is 2. The van der Waals surface area contributed by atoms with Gasteiger partial charge in [0.05, 0.1) is 44.6 Å². The highest BCUT2D eigenvalue weighted by molar-refractivity contribution is 6.07. The highest BCUT2D eigenvalue weighted by Crippen LogP contribution is 2.47. The molecule has 3 aliphatic heterocycles. The third kappa shape index (κ3) is 4.51. The Morgan fingerprint density at radius 1 is 1.16 bits per heavy atom. The van der Waals surface area contributed by atoms with Crippen molar-refractivity contribution in [1.82, 2.24) is 14.5 Å². The van der Waals surface area contributed by atoms with Gasteiger partial charge in [-0.15, -0.1) is 0 Å². The van der Waals surface area contributed by atoms with Crippen LogP contribution in [0.25, 0.3) is 22.3 Å². The number of piperidine rings is 1. The maximum absolute atomic E-state index is 13.7. The summed E-state index contributed by atoms with van der Waals surface area (Å²) in [6, 6.07) is 4.26. The van der Waals surface area contributed by atoms with E-state index in [1.807, 2.05) is 0 Å². The van der Waals surface area contributed by atoms with Gasteiger partial charge in [0, 0.05) is 23.7 Å². The number of hydrogen-bond donors (Lipinski definition) is 1. The van der Waals surface area contributed by atoms with E-state index in [1.165, 1.54) is 37.8 Å². The van der Waals surface area contributed by atoms with Crippen LogP contribution in [0.2, 0.25) is 0 Å². The number of carbonyl (C=O) groups is 1. The van der Waals surface area contributed by atoms with Crippen LogP contribution in [0.1, 0.15) is 54.9 Å². The summed E-state index contributed by atoms with van der Waals surface area (Å²) in [4.78, 5) is 62.0. The van der Waals surface area contributed by atoms with Crippen LogP contribution in [-0.2, 0) is 33.1 Å². The number of likely N-dealkylation sites (tertiary alicyclic amines) is 1. The molecule has 3 aromatic rings. The predicted molar refractivity (Wildman–Crippen MR) is 152 cm³/mol. The molecule has 224 valence electrons. The molecule has 5 heterocycles. The number of rotatable bonds is 8. The van der Waals surface area contributed by atoms with Gasteiger partial charge in [-0.2, -0.15) is 0 Å². The van der Waals surface area contributed by atoms with Crippen molar-refractivity contribution in [3.05, 3.63) is 71.0 Å². The fourth-order valence-corrected chi connectivity index (χ4v) is 6.26. The van der Waals surface area contributed by atoms with Gasteiger partial charge in [0.25, 0.3) is 11.2 Å². The summed E-state index contributed by atoms with van der Waals surface area (Å²) in [7, 11) is 0. The van der Waals surface area contributed by atoms with Gasteiger partial charge in [-0.25, -0.2) is 9.78 Å². The molecule has 2 aromatic heterocycles. The van der Waals surface area contributed by atoms with Crippen LogP contribution in [0, 0.1) is 20.2 Å². The maximum atomic E-state index is 13.7. The smallest absolute Gasteiger partial charge is 0.343 e. The maximum Gasteiger partial charge on any atom is 0.343 e. The molecular formula is C28H28N6O9. The van der Waals surface area contributed by atoms with Crippen molar-refractivity contribution in [3.8, 4) is 11.4 Å². The minimum Gasteiger partial charge on any atom is -0.458 e. The van der Waals surface area contributed by atoms with E-state index in [-0.39, 0.29) is 64.2 Å². The van der Waals surface area contributed by atoms with Gasteiger partial charge in [0.15, 0.2) is 5.60 Å². The lowest BCUT2D eigenvalue weighted by molar-refractivity contribution is -0.386. The number of nitro benzene ring substituents is 1. The van der Waals surface area contributed by atoms with Crippen molar-refractivity contribution in [2.45, 2.75) is 51.4 Å². The first kappa shape index (κ1) is 28.4. The van der Waals surface area contributed by atoms with Crippen molar-refractivity contribution in [2.24, 2.45) is 5.16 Å². The highest BCUT2D eigenvalue weighted by Gasteiger charge is 2.52. The Morgan fingerprint density at radius 3 is 2.63 bits per heavy atom. The number of oxime groups is 1. The van der Waals surface area contributed by atoms with Gasteiger partial charge in [-0.05, 0) is 38.4 Å². The quantitative estimate of drug-likeness (QED) is 0.104. The van der Waals surface area contributed by atoms with Crippen molar-refractivity contribution in [2.75, 3.05) is 26.2 Å². The number of aliphatic hydroxyl groups is 1. The number of fused-ring (bicyclic) bond motifs is 5. The largest absolute Gasteiger partial charge is 0.458 e. The summed E-state index contributed by atoms with van der Waals surface area (Å²) in [5, 5.41) is 40.1. The Labute approximate surface area is 243 Å². The first-order valence-electron chi connectivity index (χ1n) is 14.0. The standard InChI is InChI=1S/C28H28N6O9/c1-2-28(37)22-18(15-42-27(28)36)26(35)32-14-17-16(13-29-43-12-11-31-9-4-3-5-10-31)21-19(7-6-8-20(21)33(38)39)30-23(17)25(32)24(22)34(40)41/h6-8,13,37H,2-5,9-12,14-15H2,1H3/b29-13+. The van der Waals surface area contributed by atoms with Gasteiger partial charge >= 0.3 is 11.7 Å².